The molecule has 4 rings (SSSR count). The van der Waals surface area contributed by atoms with E-state index < -0.39 is 0 Å². The second-order valence-electron chi connectivity index (χ2n) is 7.48. The summed E-state index contributed by atoms with van der Waals surface area (Å²) in [5.74, 6) is -0.130. The summed E-state index contributed by atoms with van der Waals surface area (Å²) in [7, 11) is 3.01. The molecule has 2 aliphatic rings. The Labute approximate surface area is 159 Å². The van der Waals surface area contributed by atoms with Gasteiger partial charge in [0.1, 0.15) is 0 Å². The van der Waals surface area contributed by atoms with Gasteiger partial charge >= 0.3 is 0 Å². The van der Waals surface area contributed by atoms with Gasteiger partial charge in [0.25, 0.3) is 5.91 Å². The number of nitrogens with one attached hydrogen (secondary N) is 1. The van der Waals surface area contributed by atoms with E-state index in [9.17, 15) is 9.59 Å². The number of hydrogen-bond acceptors (Lipinski definition) is 3. The van der Waals surface area contributed by atoms with E-state index in [2.05, 4.69) is 29.6 Å². The number of aryl methyl sites for hydroxylation is 1. The highest BCUT2D eigenvalue weighted by Crippen LogP contribution is 2.60. The second kappa shape index (κ2) is 6.82. The number of anilines is 1. The Morgan fingerprint density at radius 3 is 2.63 bits per heavy atom. The lowest BCUT2D eigenvalue weighted by molar-refractivity contribution is -0.117. The Morgan fingerprint density at radius 1 is 1.15 bits per heavy atom. The molecule has 5 heteroatoms. The summed E-state index contributed by atoms with van der Waals surface area (Å²) < 4.78 is 0. The highest BCUT2D eigenvalue weighted by Gasteiger charge is 2.60. The Morgan fingerprint density at radius 2 is 1.89 bits per heavy atom. The van der Waals surface area contributed by atoms with Crippen LogP contribution in [-0.4, -0.2) is 31.0 Å². The van der Waals surface area contributed by atoms with Crippen molar-refractivity contribution in [2.45, 2.75) is 31.1 Å². The van der Waals surface area contributed by atoms with E-state index in [4.69, 9.17) is 4.84 Å². The molecule has 27 heavy (non-hydrogen) atoms. The first-order valence-corrected chi connectivity index (χ1v) is 9.36. The fourth-order valence-electron chi connectivity index (χ4n) is 4.37. The molecule has 0 aliphatic heterocycles. The van der Waals surface area contributed by atoms with Gasteiger partial charge in [0.05, 0.1) is 7.11 Å². The molecule has 2 aromatic rings. The van der Waals surface area contributed by atoms with E-state index in [1.165, 1.54) is 23.3 Å². The normalized spacial score (nSPS) is 22.8. The molecule has 0 unspecified atom stereocenters. The minimum Gasteiger partial charge on any atom is -0.326 e. The zero-order valence-electron chi connectivity index (χ0n) is 15.7. The number of hydroxylamine groups is 2. The Balaban J connectivity index is 1.45. The Hall–Kier alpha value is -2.66. The number of fused-ring (bicyclic) bond motifs is 2. The van der Waals surface area contributed by atoms with Crippen LogP contribution < -0.4 is 5.32 Å². The molecule has 1 spiro atoms. The highest BCUT2D eigenvalue weighted by atomic mass is 16.7. The largest absolute Gasteiger partial charge is 0.326 e. The number of amides is 2. The number of carbonyl (C=O) groups is 2. The molecule has 0 saturated heterocycles. The van der Waals surface area contributed by atoms with Gasteiger partial charge in [-0.2, -0.15) is 0 Å². The van der Waals surface area contributed by atoms with Crippen LogP contribution in [0.1, 0.15) is 40.7 Å². The van der Waals surface area contributed by atoms with Crippen LogP contribution >= 0.6 is 0 Å². The van der Waals surface area contributed by atoms with Crippen LogP contribution in [0.5, 0.6) is 0 Å². The lowest BCUT2D eigenvalue weighted by Gasteiger charge is -2.26. The zero-order valence-corrected chi connectivity index (χ0v) is 15.7. The van der Waals surface area contributed by atoms with Crippen LogP contribution in [0.25, 0.3) is 0 Å². The second-order valence-corrected chi connectivity index (χ2v) is 7.48. The van der Waals surface area contributed by atoms with Gasteiger partial charge in [-0.05, 0) is 61.1 Å². The Kier molecular flexibility index (Phi) is 4.48. The molecule has 2 amide bonds. The van der Waals surface area contributed by atoms with Gasteiger partial charge in [0.2, 0.25) is 5.91 Å². The molecule has 2 aromatic carbocycles. The van der Waals surface area contributed by atoms with Crippen molar-refractivity contribution >= 4 is 17.5 Å². The van der Waals surface area contributed by atoms with Crippen LogP contribution in [0.2, 0.25) is 0 Å². The summed E-state index contributed by atoms with van der Waals surface area (Å²) in [6, 6.07) is 15.5. The zero-order chi connectivity index (χ0) is 19.0. The van der Waals surface area contributed by atoms with Crippen molar-refractivity contribution in [2.24, 2.45) is 5.92 Å². The number of benzene rings is 2. The van der Waals surface area contributed by atoms with Crippen molar-refractivity contribution in [1.82, 2.24) is 5.06 Å². The van der Waals surface area contributed by atoms with Gasteiger partial charge in [-0.15, -0.1) is 0 Å². The smallest absolute Gasteiger partial charge is 0.277 e. The van der Waals surface area contributed by atoms with Gasteiger partial charge < -0.3 is 5.32 Å². The molecule has 5 nitrogen and oxygen atoms in total. The monoisotopic (exact) mass is 364 g/mol. The van der Waals surface area contributed by atoms with E-state index in [0.29, 0.717) is 11.3 Å². The van der Waals surface area contributed by atoms with Gasteiger partial charge in [-0.3, -0.25) is 14.4 Å². The molecule has 2 aliphatic carbocycles. The number of rotatable bonds is 4. The molecule has 0 radical (unpaired) electrons. The van der Waals surface area contributed by atoms with Crippen LogP contribution in [0.4, 0.5) is 5.69 Å². The molecular formula is C22H24N2O3. The predicted octanol–water partition coefficient (Wildman–Crippen LogP) is 3.55. The molecular weight excluding hydrogens is 340 g/mol. The van der Waals surface area contributed by atoms with E-state index >= 15 is 0 Å². The molecule has 1 N–H and O–H groups in total. The molecule has 0 heterocycles. The van der Waals surface area contributed by atoms with E-state index in [0.717, 1.165) is 25.7 Å². The van der Waals surface area contributed by atoms with Crippen molar-refractivity contribution < 1.29 is 14.4 Å². The van der Waals surface area contributed by atoms with E-state index in [1.807, 2.05) is 0 Å². The summed E-state index contributed by atoms with van der Waals surface area (Å²) in [6.45, 7) is 0. The quantitative estimate of drug-likeness (QED) is 0.844. The first-order valence-electron chi connectivity index (χ1n) is 9.36. The minimum absolute atomic E-state index is 0.0238. The minimum atomic E-state index is -0.227. The van der Waals surface area contributed by atoms with Crippen molar-refractivity contribution in [3.63, 3.8) is 0 Å². The van der Waals surface area contributed by atoms with Crippen molar-refractivity contribution in [2.75, 3.05) is 19.5 Å². The summed E-state index contributed by atoms with van der Waals surface area (Å²) >= 11 is 0. The summed E-state index contributed by atoms with van der Waals surface area (Å²) in [5.41, 5.74) is 4.00. The number of nitrogens with zero attached hydrogens (tertiary/aromatic N) is 1. The van der Waals surface area contributed by atoms with Gasteiger partial charge in [-0.1, -0.05) is 24.3 Å². The highest BCUT2D eigenvalue weighted by molar-refractivity contribution is 5.97. The lowest BCUT2D eigenvalue weighted by Crippen LogP contribution is -2.25. The molecule has 1 fully saturated rings. The van der Waals surface area contributed by atoms with Crippen LogP contribution in [-0.2, 0) is 21.5 Å². The van der Waals surface area contributed by atoms with Gasteiger partial charge in [0.15, 0.2) is 0 Å². The molecule has 0 aromatic heterocycles. The average Bonchev–Trinajstić information content (AvgIpc) is 3.42. The third kappa shape index (κ3) is 3.12. The maximum Gasteiger partial charge on any atom is 0.277 e. The topological polar surface area (TPSA) is 58.6 Å². The van der Waals surface area contributed by atoms with Gasteiger partial charge in [0, 0.05) is 29.6 Å². The van der Waals surface area contributed by atoms with E-state index in [1.54, 1.807) is 31.3 Å². The summed E-state index contributed by atoms with van der Waals surface area (Å²) in [5, 5.41) is 4.19. The van der Waals surface area contributed by atoms with Crippen molar-refractivity contribution in [1.29, 1.82) is 0 Å². The predicted molar refractivity (Wildman–Crippen MR) is 103 cm³/mol. The molecule has 140 valence electrons. The third-order valence-corrected chi connectivity index (χ3v) is 5.97. The Bertz CT molecular complexity index is 877. The van der Waals surface area contributed by atoms with Crippen LogP contribution in [0.15, 0.2) is 48.5 Å². The third-order valence-electron chi connectivity index (χ3n) is 5.97. The van der Waals surface area contributed by atoms with Crippen LogP contribution in [0.3, 0.4) is 0 Å². The molecule has 2 atom stereocenters. The van der Waals surface area contributed by atoms with E-state index in [-0.39, 0.29) is 23.1 Å². The average molecular weight is 364 g/mol. The fraction of sp³-hybridized carbons (Fsp3) is 0.364. The maximum absolute atomic E-state index is 12.8. The number of carbonyl (C=O) groups excluding carboxylic acids is 2. The SMILES string of the molecule is CON(C)C(=O)c1ccc(NC(=O)[C@H]2C[C@@]23CCCc2ccccc23)cc1. The standard InChI is InChI=1S/C22H24N2O3/c1-24(27-2)21(26)16-9-11-17(12-10-16)23-20(25)19-14-22(19)13-5-7-15-6-3-4-8-18(15)22/h3-4,6,8-12,19H,5,7,13-14H2,1-2H3,(H,23,25)/t19-,22-/m1/s1. The van der Waals surface area contributed by atoms with Crippen molar-refractivity contribution in [3.05, 3.63) is 65.2 Å². The van der Waals surface area contributed by atoms with Crippen LogP contribution in [0, 0.1) is 5.92 Å². The van der Waals surface area contributed by atoms with Crippen molar-refractivity contribution in [3.8, 4) is 0 Å². The maximum atomic E-state index is 12.8. The van der Waals surface area contributed by atoms with Gasteiger partial charge in [-0.25, -0.2) is 5.06 Å². The number of hydrogen-bond donors (Lipinski definition) is 1. The first kappa shape index (κ1) is 17.7. The summed E-state index contributed by atoms with van der Waals surface area (Å²) in [6.07, 6.45) is 4.26. The summed E-state index contributed by atoms with van der Waals surface area (Å²) in [4.78, 5) is 29.8. The lowest BCUT2D eigenvalue weighted by atomic mass is 9.78. The first-order chi connectivity index (χ1) is 13.0. The molecule has 0 bridgehead atoms. The fourth-order valence-corrected chi connectivity index (χ4v) is 4.37. The molecule has 1 saturated carbocycles.